The smallest absolute Gasteiger partial charge is 0.378 e. The van der Waals surface area contributed by atoms with Gasteiger partial charge in [-0.3, -0.25) is 0 Å². The van der Waals surface area contributed by atoms with Gasteiger partial charge in [0.1, 0.15) is 0 Å². The number of hydrogen-bond donors (Lipinski definition) is 0. The van der Waals surface area contributed by atoms with Crippen molar-refractivity contribution < 1.29 is 21.6 Å². The summed E-state index contributed by atoms with van der Waals surface area (Å²) in [7, 11) is 0.275. The first-order chi connectivity index (χ1) is 13.0. The van der Waals surface area contributed by atoms with Crippen molar-refractivity contribution in [2.24, 2.45) is 0 Å². The van der Waals surface area contributed by atoms with Gasteiger partial charge in [0.2, 0.25) is 0 Å². The molecule has 0 amide bonds. The van der Waals surface area contributed by atoms with Crippen LogP contribution in [0.1, 0.15) is 5.82 Å². The molecule has 6 nitrogen and oxygen atoms in total. The summed E-state index contributed by atoms with van der Waals surface area (Å²) in [6, 6.07) is 12.2. The fourth-order valence-corrected chi connectivity index (χ4v) is 3.17. The highest BCUT2D eigenvalue weighted by Gasteiger charge is 2.37. The van der Waals surface area contributed by atoms with Crippen molar-refractivity contribution in [1.82, 2.24) is 14.8 Å². The molecule has 0 spiro atoms. The molecule has 28 heavy (non-hydrogen) atoms. The molecule has 0 aliphatic rings. The summed E-state index contributed by atoms with van der Waals surface area (Å²) >= 11 is 0. The molecular weight excluding hydrogens is 393 g/mol. The van der Waals surface area contributed by atoms with Gasteiger partial charge < -0.3 is 4.90 Å². The third-order valence-corrected chi connectivity index (χ3v) is 5.14. The molecule has 0 aliphatic carbocycles. The molecule has 1 heterocycles. The number of anilines is 1. The first-order valence-corrected chi connectivity index (χ1v) is 9.98. The highest BCUT2D eigenvalue weighted by molar-refractivity contribution is 7.90. The van der Waals surface area contributed by atoms with Crippen LogP contribution in [0.2, 0.25) is 0 Å². The van der Waals surface area contributed by atoms with Crippen LogP contribution in [0.15, 0.2) is 53.4 Å². The van der Waals surface area contributed by atoms with E-state index in [9.17, 15) is 21.6 Å². The van der Waals surface area contributed by atoms with Crippen LogP contribution >= 0.6 is 0 Å². The van der Waals surface area contributed by atoms with E-state index in [0.717, 1.165) is 16.6 Å². The van der Waals surface area contributed by atoms with Gasteiger partial charge in [-0.2, -0.15) is 13.2 Å². The molecule has 0 saturated carbocycles. The van der Waals surface area contributed by atoms with Crippen LogP contribution < -0.4 is 4.90 Å². The lowest BCUT2D eigenvalue weighted by Crippen LogP contribution is -2.08. The van der Waals surface area contributed by atoms with Gasteiger partial charge in [0.15, 0.2) is 15.7 Å². The Balaban J connectivity index is 2.13. The zero-order valence-electron chi connectivity index (χ0n) is 15.3. The van der Waals surface area contributed by atoms with E-state index in [2.05, 4.69) is 10.1 Å². The van der Waals surface area contributed by atoms with E-state index < -0.39 is 21.8 Å². The Morgan fingerprint density at radius 3 is 2.00 bits per heavy atom. The topological polar surface area (TPSA) is 68.1 Å². The summed E-state index contributed by atoms with van der Waals surface area (Å²) in [5, 5.41) is 3.60. The summed E-state index contributed by atoms with van der Waals surface area (Å²) in [5.41, 5.74) is 1.59. The highest BCUT2D eigenvalue weighted by atomic mass is 32.2. The zero-order chi connectivity index (χ0) is 20.7. The van der Waals surface area contributed by atoms with E-state index in [1.807, 2.05) is 19.0 Å². The maximum Gasteiger partial charge on any atom is 0.453 e. The van der Waals surface area contributed by atoms with Gasteiger partial charge in [-0.25, -0.2) is 18.1 Å². The van der Waals surface area contributed by atoms with Gasteiger partial charge in [-0.1, -0.05) is 0 Å². The Morgan fingerprint density at radius 1 is 0.964 bits per heavy atom. The van der Waals surface area contributed by atoms with E-state index in [0.29, 0.717) is 5.56 Å². The predicted molar refractivity (Wildman–Crippen MR) is 99.2 cm³/mol. The fraction of sp³-hybridized carbons (Fsp3) is 0.222. The highest BCUT2D eigenvalue weighted by Crippen LogP contribution is 2.31. The van der Waals surface area contributed by atoms with E-state index in [-0.39, 0.29) is 16.4 Å². The van der Waals surface area contributed by atoms with E-state index >= 15 is 0 Å². The summed E-state index contributed by atoms with van der Waals surface area (Å²) in [4.78, 5) is 5.59. The van der Waals surface area contributed by atoms with Crippen molar-refractivity contribution in [3.63, 3.8) is 0 Å². The Hall–Kier alpha value is -2.88. The predicted octanol–water partition coefficient (Wildman–Crippen LogP) is 3.42. The molecule has 0 fully saturated rings. The van der Waals surface area contributed by atoms with Gasteiger partial charge in [-0.15, -0.1) is 5.10 Å². The molecule has 0 radical (unpaired) electrons. The number of sulfone groups is 1. The van der Waals surface area contributed by atoms with Gasteiger partial charge in [0, 0.05) is 31.6 Å². The number of benzene rings is 2. The van der Waals surface area contributed by atoms with Crippen molar-refractivity contribution >= 4 is 15.5 Å². The summed E-state index contributed by atoms with van der Waals surface area (Å²) in [6.07, 6.45) is -3.66. The van der Waals surface area contributed by atoms with Crippen LogP contribution in [0, 0.1) is 0 Å². The quantitative estimate of drug-likeness (QED) is 0.659. The van der Waals surface area contributed by atoms with E-state index in [1.54, 1.807) is 24.3 Å². The minimum atomic E-state index is -4.71. The van der Waals surface area contributed by atoms with Gasteiger partial charge in [0.05, 0.1) is 10.6 Å². The summed E-state index contributed by atoms with van der Waals surface area (Å²) in [5.74, 6) is -1.27. The lowest BCUT2D eigenvalue weighted by atomic mass is 10.2. The molecule has 0 bridgehead atoms. The fourth-order valence-electron chi connectivity index (χ4n) is 2.54. The van der Waals surface area contributed by atoms with Crippen LogP contribution in [0.5, 0.6) is 0 Å². The maximum atomic E-state index is 13.2. The van der Waals surface area contributed by atoms with Crippen LogP contribution in [0.25, 0.3) is 17.1 Å². The number of aromatic nitrogens is 3. The number of hydrogen-bond acceptors (Lipinski definition) is 5. The van der Waals surface area contributed by atoms with Crippen molar-refractivity contribution in [2.45, 2.75) is 11.1 Å². The third-order valence-electron chi connectivity index (χ3n) is 4.01. The standard InChI is InChI=1S/C18H17F3N4O2S/c1-24(2)13-6-4-12(5-7-13)16-22-17(18(19,20)21)23-25(16)14-8-10-15(11-9-14)28(3,26)27/h4-11H,1-3H3. The minimum Gasteiger partial charge on any atom is -0.378 e. The Labute approximate surface area is 160 Å². The van der Waals surface area contributed by atoms with Crippen molar-refractivity contribution in [3.05, 3.63) is 54.4 Å². The minimum absolute atomic E-state index is 0.00439. The molecule has 3 rings (SSSR count). The van der Waals surface area contributed by atoms with Crippen LogP contribution in [0.4, 0.5) is 18.9 Å². The SMILES string of the molecule is CN(C)c1ccc(-c2nc(C(F)(F)F)nn2-c2ccc(S(C)(=O)=O)cc2)cc1. The molecule has 0 aliphatic heterocycles. The first kappa shape index (κ1) is 19.9. The average Bonchev–Trinajstić information content (AvgIpc) is 3.07. The van der Waals surface area contributed by atoms with Crippen molar-refractivity contribution in [3.8, 4) is 17.1 Å². The monoisotopic (exact) mass is 410 g/mol. The number of rotatable bonds is 4. The Kier molecular flexibility index (Phi) is 4.92. The molecule has 0 N–H and O–H groups in total. The molecule has 2 aromatic carbocycles. The normalized spacial score (nSPS) is 12.2. The summed E-state index contributed by atoms with van der Waals surface area (Å²) < 4.78 is 63.8. The molecule has 3 aromatic rings. The first-order valence-electron chi connectivity index (χ1n) is 8.09. The third kappa shape index (κ3) is 4.01. The second-order valence-corrected chi connectivity index (χ2v) is 8.39. The molecule has 0 saturated heterocycles. The molecule has 0 atom stereocenters. The maximum absolute atomic E-state index is 13.2. The molecule has 10 heteroatoms. The number of halogens is 3. The molecule has 1 aromatic heterocycles. The number of nitrogens with zero attached hydrogens (tertiary/aromatic N) is 4. The average molecular weight is 410 g/mol. The summed E-state index contributed by atoms with van der Waals surface area (Å²) in [6.45, 7) is 0. The van der Waals surface area contributed by atoms with Gasteiger partial charge in [0.25, 0.3) is 5.82 Å². The van der Waals surface area contributed by atoms with E-state index in [4.69, 9.17) is 0 Å². The van der Waals surface area contributed by atoms with E-state index in [1.165, 1.54) is 24.3 Å². The van der Waals surface area contributed by atoms with Crippen molar-refractivity contribution in [2.75, 3.05) is 25.3 Å². The Bertz CT molecular complexity index is 1090. The lowest BCUT2D eigenvalue weighted by Gasteiger charge is -2.13. The zero-order valence-corrected chi connectivity index (χ0v) is 16.1. The second kappa shape index (κ2) is 6.93. The van der Waals surface area contributed by atoms with Gasteiger partial charge in [-0.05, 0) is 48.5 Å². The number of alkyl halides is 3. The van der Waals surface area contributed by atoms with Gasteiger partial charge >= 0.3 is 6.18 Å². The lowest BCUT2D eigenvalue weighted by molar-refractivity contribution is -0.144. The van der Waals surface area contributed by atoms with Crippen LogP contribution in [-0.4, -0.2) is 43.5 Å². The second-order valence-electron chi connectivity index (χ2n) is 6.38. The largest absolute Gasteiger partial charge is 0.453 e. The molecule has 148 valence electrons. The molecular formula is C18H17F3N4O2S. The van der Waals surface area contributed by atoms with Crippen molar-refractivity contribution in [1.29, 1.82) is 0 Å². The molecule has 0 unspecified atom stereocenters. The van der Waals surface area contributed by atoms with Crippen LogP contribution in [-0.2, 0) is 16.0 Å². The van der Waals surface area contributed by atoms with Crippen LogP contribution in [0.3, 0.4) is 0 Å². The Morgan fingerprint density at radius 2 is 1.54 bits per heavy atom.